The Bertz CT molecular complexity index is 1320. The highest BCUT2D eigenvalue weighted by Gasteiger charge is 2.26. The predicted molar refractivity (Wildman–Crippen MR) is 127 cm³/mol. The lowest BCUT2D eigenvalue weighted by Crippen LogP contribution is -2.44. The summed E-state index contributed by atoms with van der Waals surface area (Å²) in [6.45, 7) is 5.93. The van der Waals surface area contributed by atoms with Crippen LogP contribution in [0.5, 0.6) is 0 Å². The maximum atomic E-state index is 12.3. The number of amides is 1. The van der Waals surface area contributed by atoms with Crippen molar-refractivity contribution in [1.82, 2.24) is 14.9 Å². The van der Waals surface area contributed by atoms with E-state index in [0.29, 0.717) is 17.4 Å². The van der Waals surface area contributed by atoms with E-state index >= 15 is 0 Å². The number of pyridine rings is 2. The van der Waals surface area contributed by atoms with Gasteiger partial charge < -0.3 is 10.1 Å². The Balaban J connectivity index is 1.79. The second kappa shape index (κ2) is 8.30. The van der Waals surface area contributed by atoms with Gasteiger partial charge in [0.2, 0.25) is 0 Å². The average Bonchev–Trinajstić information content (AvgIpc) is 2.77. The molecule has 0 radical (unpaired) electrons. The van der Waals surface area contributed by atoms with Gasteiger partial charge in [0.15, 0.2) is 0 Å². The first-order chi connectivity index (χ1) is 15.2. The van der Waals surface area contributed by atoms with Gasteiger partial charge in [-0.25, -0.2) is 9.78 Å². The summed E-state index contributed by atoms with van der Waals surface area (Å²) in [5.74, 6) is 0. The second-order valence-corrected chi connectivity index (χ2v) is 8.73. The quantitative estimate of drug-likeness (QED) is 0.448. The number of nitrogens with one attached hydrogen (secondary N) is 1. The van der Waals surface area contributed by atoms with Crippen LogP contribution in [-0.4, -0.2) is 31.6 Å². The van der Waals surface area contributed by atoms with Crippen molar-refractivity contribution in [2.24, 2.45) is 0 Å². The average molecular weight is 428 g/mol. The van der Waals surface area contributed by atoms with Gasteiger partial charge in [-0.3, -0.25) is 9.69 Å². The first kappa shape index (κ1) is 21.3. The molecule has 0 fully saturated rings. The van der Waals surface area contributed by atoms with Crippen LogP contribution >= 0.6 is 0 Å². The molecule has 32 heavy (non-hydrogen) atoms. The summed E-state index contributed by atoms with van der Waals surface area (Å²) in [4.78, 5) is 33.0. The summed E-state index contributed by atoms with van der Waals surface area (Å²) in [5, 5.41) is 10.1. The van der Waals surface area contributed by atoms with E-state index in [1.165, 1.54) is 4.90 Å². The van der Waals surface area contributed by atoms with Gasteiger partial charge in [0.25, 0.3) is 5.56 Å². The number of carbonyl (C=O) groups is 1. The fourth-order valence-corrected chi connectivity index (χ4v) is 3.71. The summed E-state index contributed by atoms with van der Waals surface area (Å²) in [6, 6.07) is 21.3. The number of hydrogen-bond acceptors (Lipinski definition) is 3. The summed E-state index contributed by atoms with van der Waals surface area (Å²) >= 11 is 0. The molecule has 0 aliphatic heterocycles. The molecule has 0 aliphatic rings. The number of hydrogen-bond donors (Lipinski definition) is 2. The molecule has 0 atom stereocenters. The molecule has 4 rings (SSSR count). The van der Waals surface area contributed by atoms with Crippen molar-refractivity contribution < 1.29 is 9.90 Å². The number of rotatable bonds is 4. The van der Waals surface area contributed by atoms with Crippen molar-refractivity contribution >= 4 is 17.0 Å². The summed E-state index contributed by atoms with van der Waals surface area (Å²) in [5.41, 5.74) is 4.34. The van der Waals surface area contributed by atoms with Crippen LogP contribution in [0.2, 0.25) is 0 Å². The van der Waals surface area contributed by atoms with Crippen molar-refractivity contribution in [3.63, 3.8) is 0 Å². The molecule has 162 valence electrons. The number of aromatic nitrogens is 2. The van der Waals surface area contributed by atoms with E-state index in [2.05, 4.69) is 4.98 Å². The highest BCUT2D eigenvalue weighted by Crippen LogP contribution is 2.33. The molecule has 1 amide bonds. The van der Waals surface area contributed by atoms with E-state index < -0.39 is 11.6 Å². The number of benzene rings is 2. The number of nitrogens with zero attached hydrogens (tertiary/aromatic N) is 2. The third kappa shape index (κ3) is 4.25. The Labute approximate surface area is 186 Å². The van der Waals surface area contributed by atoms with Gasteiger partial charge in [0.05, 0.1) is 16.6 Å². The first-order valence-corrected chi connectivity index (χ1v) is 10.4. The van der Waals surface area contributed by atoms with Crippen LogP contribution in [0.3, 0.4) is 0 Å². The zero-order chi connectivity index (χ0) is 22.9. The minimum atomic E-state index is -0.950. The SMILES string of the molecule is CC(C)(C)N(Cc1ccc(-c2nc3cc[nH]c(=O)c3cc2-c2ccccc2)cc1)C(=O)O. The number of carboxylic acid groups (broad SMARTS) is 1. The lowest BCUT2D eigenvalue weighted by atomic mass is 9.97. The fraction of sp³-hybridized carbons (Fsp3) is 0.192. The van der Waals surface area contributed by atoms with E-state index in [4.69, 9.17) is 4.98 Å². The van der Waals surface area contributed by atoms with Gasteiger partial charge in [0.1, 0.15) is 0 Å². The van der Waals surface area contributed by atoms with Crippen LogP contribution < -0.4 is 5.56 Å². The molecule has 0 saturated carbocycles. The highest BCUT2D eigenvalue weighted by atomic mass is 16.4. The molecule has 0 saturated heterocycles. The molecule has 6 nitrogen and oxygen atoms in total. The van der Waals surface area contributed by atoms with Crippen molar-refractivity contribution in [2.75, 3.05) is 0 Å². The molecule has 0 unspecified atom stereocenters. The largest absolute Gasteiger partial charge is 0.465 e. The van der Waals surface area contributed by atoms with Crippen LogP contribution in [0, 0.1) is 0 Å². The van der Waals surface area contributed by atoms with E-state index in [1.54, 1.807) is 12.3 Å². The van der Waals surface area contributed by atoms with Gasteiger partial charge in [-0.2, -0.15) is 0 Å². The minimum Gasteiger partial charge on any atom is -0.465 e. The lowest BCUT2D eigenvalue weighted by molar-refractivity contribution is 0.0955. The van der Waals surface area contributed by atoms with Crippen LogP contribution in [0.4, 0.5) is 4.79 Å². The molecule has 2 heterocycles. The summed E-state index contributed by atoms with van der Waals surface area (Å²) in [6.07, 6.45) is 0.647. The molecule has 2 aromatic carbocycles. The number of aromatic amines is 1. The van der Waals surface area contributed by atoms with Crippen molar-refractivity contribution in [2.45, 2.75) is 32.9 Å². The molecule has 0 spiro atoms. The smallest absolute Gasteiger partial charge is 0.408 e. The number of H-pyrrole nitrogens is 1. The van der Waals surface area contributed by atoms with Crippen molar-refractivity contribution in [3.8, 4) is 22.4 Å². The van der Waals surface area contributed by atoms with Gasteiger partial charge in [-0.15, -0.1) is 0 Å². The maximum Gasteiger partial charge on any atom is 0.408 e. The third-order valence-electron chi connectivity index (χ3n) is 5.45. The Morgan fingerprint density at radius 1 is 1.00 bits per heavy atom. The molecule has 0 bridgehead atoms. The van der Waals surface area contributed by atoms with Crippen LogP contribution in [0.15, 0.2) is 77.7 Å². The zero-order valence-corrected chi connectivity index (χ0v) is 18.3. The topological polar surface area (TPSA) is 86.3 Å². The monoisotopic (exact) mass is 427 g/mol. The normalized spacial score (nSPS) is 11.5. The Kier molecular flexibility index (Phi) is 5.53. The maximum absolute atomic E-state index is 12.3. The Hall–Kier alpha value is -3.93. The minimum absolute atomic E-state index is 0.176. The molecular formula is C26H25N3O3. The van der Waals surface area contributed by atoms with Gasteiger partial charge in [-0.05, 0) is 44.0 Å². The van der Waals surface area contributed by atoms with E-state index in [0.717, 1.165) is 27.9 Å². The summed E-state index contributed by atoms with van der Waals surface area (Å²) < 4.78 is 0. The van der Waals surface area contributed by atoms with Crippen molar-refractivity contribution in [1.29, 1.82) is 0 Å². The standard InChI is InChI=1S/C26H25N3O3/c1-26(2,3)29(25(31)32)16-17-9-11-19(12-10-17)23-20(18-7-5-4-6-8-18)15-21-22(28-23)13-14-27-24(21)30/h4-15H,16H2,1-3H3,(H,27,30)(H,31,32). The van der Waals surface area contributed by atoms with E-state index in [9.17, 15) is 14.7 Å². The van der Waals surface area contributed by atoms with Gasteiger partial charge in [-0.1, -0.05) is 54.6 Å². The molecule has 6 heteroatoms. The third-order valence-corrected chi connectivity index (χ3v) is 5.45. The van der Waals surface area contributed by atoms with Crippen LogP contribution in [-0.2, 0) is 6.54 Å². The van der Waals surface area contributed by atoms with Crippen LogP contribution in [0.25, 0.3) is 33.3 Å². The molecule has 0 aliphatic carbocycles. The van der Waals surface area contributed by atoms with E-state index in [1.807, 2.05) is 81.4 Å². The van der Waals surface area contributed by atoms with Crippen molar-refractivity contribution in [3.05, 3.63) is 88.8 Å². The molecular weight excluding hydrogens is 402 g/mol. The highest BCUT2D eigenvalue weighted by molar-refractivity contribution is 5.91. The first-order valence-electron chi connectivity index (χ1n) is 10.4. The number of fused-ring (bicyclic) bond motifs is 1. The van der Waals surface area contributed by atoms with Crippen LogP contribution in [0.1, 0.15) is 26.3 Å². The predicted octanol–water partition coefficient (Wildman–Crippen LogP) is 5.54. The lowest BCUT2D eigenvalue weighted by Gasteiger charge is -2.33. The van der Waals surface area contributed by atoms with E-state index in [-0.39, 0.29) is 5.56 Å². The fourth-order valence-electron chi connectivity index (χ4n) is 3.71. The Morgan fingerprint density at radius 3 is 2.31 bits per heavy atom. The van der Waals surface area contributed by atoms with Gasteiger partial charge >= 0.3 is 6.09 Å². The molecule has 2 N–H and O–H groups in total. The zero-order valence-electron chi connectivity index (χ0n) is 18.3. The van der Waals surface area contributed by atoms with Gasteiger partial charge in [0, 0.05) is 29.4 Å². The molecule has 2 aromatic heterocycles. The second-order valence-electron chi connectivity index (χ2n) is 8.73. The molecule has 4 aromatic rings. The summed E-state index contributed by atoms with van der Waals surface area (Å²) in [7, 11) is 0. The Morgan fingerprint density at radius 2 is 1.69 bits per heavy atom.